The second-order valence-electron chi connectivity index (χ2n) is 12.6. The zero-order valence-corrected chi connectivity index (χ0v) is 24.0. The number of rotatable bonds is 5. The fraction of sp³-hybridized carbons (Fsp3) is 0.515. The summed E-state index contributed by atoms with van der Waals surface area (Å²) in [5.74, 6) is 2.78. The van der Waals surface area contributed by atoms with Gasteiger partial charge in [0.1, 0.15) is 30.1 Å². The number of aromatic hydroxyl groups is 1. The summed E-state index contributed by atoms with van der Waals surface area (Å²) in [5.41, 5.74) is 1.32. The Morgan fingerprint density at radius 2 is 2.14 bits per heavy atom. The van der Waals surface area contributed by atoms with E-state index in [-0.39, 0.29) is 36.3 Å². The Hall–Kier alpha value is -3.68. The van der Waals surface area contributed by atoms with Crippen molar-refractivity contribution < 1.29 is 21.4 Å². The molecule has 10 heteroatoms. The summed E-state index contributed by atoms with van der Waals surface area (Å²) in [5, 5.41) is 15.4. The first-order valence-corrected chi connectivity index (χ1v) is 15.3. The maximum atomic E-state index is 14.9. The van der Waals surface area contributed by atoms with E-state index in [0.717, 1.165) is 43.7 Å². The molecule has 6 aliphatic heterocycles. The molecule has 2 bridgehead atoms. The molecule has 2 unspecified atom stereocenters. The molecule has 8 nitrogen and oxygen atoms in total. The maximum Gasteiger partial charge on any atom is 0.318 e. The lowest BCUT2D eigenvalue weighted by Crippen LogP contribution is -2.61. The fourth-order valence-electron chi connectivity index (χ4n) is 8.04. The average molecular weight is 589 g/mol. The van der Waals surface area contributed by atoms with Crippen molar-refractivity contribution in [3.05, 3.63) is 46.9 Å². The first kappa shape index (κ1) is 24.7. The predicted molar refractivity (Wildman–Crippen MR) is 161 cm³/mol. The number of benzene rings is 2. The fourth-order valence-corrected chi connectivity index (χ4v) is 8.04. The van der Waals surface area contributed by atoms with Crippen molar-refractivity contribution in [1.29, 1.82) is 0 Å². The Morgan fingerprint density at radius 1 is 1.23 bits per heavy atom. The van der Waals surface area contributed by atoms with Crippen LogP contribution in [0.3, 0.4) is 0 Å². The molecule has 7 heterocycles. The van der Waals surface area contributed by atoms with Crippen LogP contribution in [0.2, 0.25) is 0 Å². The Kier molecular flexibility index (Phi) is 5.87. The van der Waals surface area contributed by atoms with Crippen LogP contribution in [0, 0.1) is 18.2 Å². The Balaban J connectivity index is 1.21. The minimum Gasteiger partial charge on any atom is -0.508 e. The van der Waals surface area contributed by atoms with Gasteiger partial charge in [-0.15, -0.1) is 6.42 Å². The number of hydrogen-bond acceptors (Lipinski definition) is 8. The number of ether oxygens (including phenoxy) is 1. The van der Waals surface area contributed by atoms with Gasteiger partial charge in [-0.2, -0.15) is 9.97 Å². The monoisotopic (exact) mass is 588 g/mol. The minimum absolute atomic E-state index is 0.0402. The lowest BCUT2D eigenvalue weighted by molar-refractivity contribution is 0.107. The quantitative estimate of drug-likeness (QED) is 0.435. The van der Waals surface area contributed by atoms with E-state index in [1.165, 1.54) is 6.07 Å². The van der Waals surface area contributed by atoms with Gasteiger partial charge in [0.2, 0.25) is 0 Å². The molecule has 0 aliphatic carbocycles. The van der Waals surface area contributed by atoms with Gasteiger partial charge < -0.3 is 25.0 Å². The summed E-state index contributed by atoms with van der Waals surface area (Å²) >= 11 is 0. The summed E-state index contributed by atoms with van der Waals surface area (Å²) in [7, 11) is 0. The van der Waals surface area contributed by atoms with Crippen LogP contribution in [0.15, 0.2) is 24.3 Å². The number of hydrogen-bond donors (Lipinski definition) is 2. The van der Waals surface area contributed by atoms with Gasteiger partial charge in [0.15, 0.2) is 0 Å². The predicted octanol–water partition coefficient (Wildman–Crippen LogP) is 3.91. The molecule has 0 spiro atoms. The zero-order valence-electron chi connectivity index (χ0n) is 26.0. The number of anilines is 2. The molecule has 0 amide bonds. The van der Waals surface area contributed by atoms with E-state index in [2.05, 4.69) is 16.1 Å². The number of phenols is 1. The molecule has 1 aromatic heterocycles. The number of alkyl halides is 1. The van der Waals surface area contributed by atoms with Gasteiger partial charge >= 0.3 is 6.01 Å². The van der Waals surface area contributed by atoms with E-state index in [1.807, 2.05) is 9.80 Å². The number of fused-ring (bicyclic) bond motifs is 6. The second kappa shape index (κ2) is 10.2. The maximum absolute atomic E-state index is 14.9. The summed E-state index contributed by atoms with van der Waals surface area (Å²) in [4.78, 5) is 15.9. The summed E-state index contributed by atoms with van der Waals surface area (Å²) < 4.78 is 53.8. The van der Waals surface area contributed by atoms with Gasteiger partial charge in [-0.3, -0.25) is 4.90 Å². The number of piperazine rings is 1. The van der Waals surface area contributed by atoms with E-state index in [4.69, 9.17) is 23.9 Å². The van der Waals surface area contributed by atoms with E-state index in [1.54, 1.807) is 18.2 Å². The average Bonchev–Trinajstić information content (AvgIpc) is 3.58. The van der Waals surface area contributed by atoms with Gasteiger partial charge in [0.05, 0.1) is 26.1 Å². The number of halogens is 2. The molecule has 5 fully saturated rings. The topological polar surface area (TPSA) is 77.0 Å². The van der Waals surface area contributed by atoms with Crippen LogP contribution in [0.5, 0.6) is 11.8 Å². The first-order valence-electron chi connectivity index (χ1n) is 16.3. The molecule has 5 saturated heterocycles. The smallest absolute Gasteiger partial charge is 0.318 e. The van der Waals surface area contributed by atoms with Crippen molar-refractivity contribution in [3.8, 4) is 24.1 Å². The van der Waals surface area contributed by atoms with E-state index in [0.29, 0.717) is 60.7 Å². The molecule has 9 rings (SSSR count). The summed E-state index contributed by atoms with van der Waals surface area (Å²) in [6.45, 7) is 1.11. The Morgan fingerprint density at radius 3 is 2.93 bits per heavy atom. The number of piperidine rings is 2. The minimum atomic E-state index is -2.21. The molecular weight excluding hydrogens is 550 g/mol. The molecule has 4 atom stereocenters. The lowest BCUT2D eigenvalue weighted by atomic mass is 9.92. The van der Waals surface area contributed by atoms with Crippen LogP contribution in [0.4, 0.5) is 20.3 Å². The highest BCUT2D eigenvalue weighted by molar-refractivity contribution is 6.00. The first-order chi connectivity index (χ1) is 21.7. The van der Waals surface area contributed by atoms with Crippen molar-refractivity contribution in [2.45, 2.75) is 68.9 Å². The number of terminal acetylenes is 1. The third-order valence-electron chi connectivity index (χ3n) is 10.1. The van der Waals surface area contributed by atoms with Crippen molar-refractivity contribution >= 4 is 22.3 Å². The van der Waals surface area contributed by atoms with Gasteiger partial charge in [0, 0.05) is 67.4 Å². The lowest BCUT2D eigenvalue weighted by Gasteiger charge is -2.47. The largest absolute Gasteiger partial charge is 0.508 e. The molecule has 6 aliphatic rings. The summed E-state index contributed by atoms with van der Waals surface area (Å²) in [6.07, 6.45) is 8.72. The third-order valence-corrected chi connectivity index (χ3v) is 10.1. The van der Waals surface area contributed by atoms with Crippen molar-refractivity contribution in [1.82, 2.24) is 20.2 Å². The number of phenolic OH excluding ortho intramolecular Hbond substituents is 1. The molecule has 0 radical (unpaired) electrons. The van der Waals surface area contributed by atoms with Crippen LogP contribution in [-0.2, 0) is 13.0 Å². The van der Waals surface area contributed by atoms with Crippen LogP contribution < -0.4 is 19.9 Å². The third kappa shape index (κ3) is 4.47. The van der Waals surface area contributed by atoms with Crippen molar-refractivity contribution in [2.75, 3.05) is 49.1 Å². The van der Waals surface area contributed by atoms with Crippen molar-refractivity contribution in [2.24, 2.45) is 0 Å². The molecule has 2 N–H and O–H groups in total. The van der Waals surface area contributed by atoms with E-state index < -0.39 is 24.1 Å². The van der Waals surface area contributed by atoms with E-state index in [9.17, 15) is 13.9 Å². The zero-order chi connectivity index (χ0) is 31.1. The number of nitrogens with zero attached hydrogens (tertiary/aromatic N) is 5. The van der Waals surface area contributed by atoms with Crippen LogP contribution in [0.25, 0.3) is 10.8 Å². The second-order valence-corrected chi connectivity index (χ2v) is 12.6. The molecule has 43 heavy (non-hydrogen) atoms. The van der Waals surface area contributed by atoms with Gasteiger partial charge in [-0.25, -0.2) is 8.78 Å². The standard InChI is InChI=1S/C33H36F2N6O2/c1-2-25-27(35)7-4-20-12-24(42)13-29(30(20)25)39-11-8-26-28(18-39)37-32(38-31(26)41-17-22-5-6-23(41)15-36-22)43-19-33-9-3-10-40(33)16-21(34)14-33/h1,4,7,12-13,21-23,36,42H,3,5-6,8-11,14-19H2/t21-,22?,23?,33+/m1/s1/i19D2. The Labute approximate surface area is 252 Å². The van der Waals surface area contributed by atoms with Crippen LogP contribution in [-0.4, -0.2) is 83.1 Å². The molecule has 3 aromatic rings. The molecule has 2 aromatic carbocycles. The normalized spacial score (nSPS) is 29.3. The highest BCUT2D eigenvalue weighted by atomic mass is 19.1. The summed E-state index contributed by atoms with van der Waals surface area (Å²) in [6, 6.07) is 6.62. The van der Waals surface area contributed by atoms with Crippen LogP contribution in [0.1, 0.15) is 51.7 Å². The highest BCUT2D eigenvalue weighted by Crippen LogP contribution is 2.42. The van der Waals surface area contributed by atoms with Crippen LogP contribution >= 0.6 is 0 Å². The van der Waals surface area contributed by atoms with E-state index >= 15 is 0 Å². The SMILES string of the molecule is [2H]C([2H])(Oc1nc2c(c(N3CC4CCC3CN4)n1)CCN(c1cc(O)cc3ccc(F)c(C#C)c13)C2)[C@@]12CCCN1C[C@H](F)C2. The van der Waals surface area contributed by atoms with Gasteiger partial charge in [-0.05, 0) is 56.2 Å². The number of nitrogens with one attached hydrogen (secondary N) is 1. The van der Waals surface area contributed by atoms with Gasteiger partial charge in [-0.1, -0.05) is 12.0 Å². The Bertz CT molecular complexity index is 1730. The molecule has 224 valence electrons. The molecule has 0 saturated carbocycles. The van der Waals surface area contributed by atoms with Crippen molar-refractivity contribution in [3.63, 3.8) is 0 Å². The molecular formula is C33H36F2N6O2. The number of aromatic nitrogens is 2. The highest BCUT2D eigenvalue weighted by Gasteiger charge is 2.49. The van der Waals surface area contributed by atoms with Gasteiger partial charge in [0.25, 0.3) is 0 Å².